The maximum absolute atomic E-state index is 13.8. The smallest absolute Gasteiger partial charge is 0.258 e. The number of halogens is 1. The molecule has 0 atom stereocenters. The van der Waals surface area contributed by atoms with Gasteiger partial charge in [0.1, 0.15) is 5.82 Å². The predicted octanol–water partition coefficient (Wildman–Crippen LogP) is 4.21. The van der Waals surface area contributed by atoms with Crippen molar-refractivity contribution in [3.63, 3.8) is 0 Å². The predicted molar refractivity (Wildman–Crippen MR) is 148 cm³/mol. The third-order valence-electron chi connectivity index (χ3n) is 6.27. The summed E-state index contributed by atoms with van der Waals surface area (Å²) in [6, 6.07) is 21.3. The number of likely N-dealkylation sites (N-methyl/N-ethyl adjacent to an activating group) is 3. The van der Waals surface area contributed by atoms with Crippen molar-refractivity contribution in [2.75, 3.05) is 63.4 Å². The van der Waals surface area contributed by atoms with Gasteiger partial charge in [-0.3, -0.25) is 14.5 Å². The first kappa shape index (κ1) is 26.1. The summed E-state index contributed by atoms with van der Waals surface area (Å²) in [5, 5.41) is 6.15. The zero-order valence-electron chi connectivity index (χ0n) is 21.6. The normalized spacial score (nSPS) is 14.0. The van der Waals surface area contributed by atoms with Gasteiger partial charge in [0.25, 0.3) is 5.91 Å². The zero-order chi connectivity index (χ0) is 26.5. The Kier molecular flexibility index (Phi) is 8.01. The molecule has 37 heavy (non-hydrogen) atoms. The van der Waals surface area contributed by atoms with Crippen LogP contribution in [0, 0.1) is 5.82 Å². The molecule has 0 bridgehead atoms. The van der Waals surface area contributed by atoms with E-state index in [1.165, 1.54) is 12.1 Å². The Hall–Kier alpha value is -4.01. The summed E-state index contributed by atoms with van der Waals surface area (Å²) < 4.78 is 13.8. The first-order valence-corrected chi connectivity index (χ1v) is 12.1. The van der Waals surface area contributed by atoms with E-state index < -0.39 is 5.82 Å². The number of hydrogen-bond donors (Lipinski definition) is 2. The van der Waals surface area contributed by atoms with Gasteiger partial charge in [0.2, 0.25) is 5.91 Å². The Labute approximate surface area is 217 Å². The summed E-state index contributed by atoms with van der Waals surface area (Å²) in [6.07, 6.45) is 0. The molecule has 3 aromatic rings. The summed E-state index contributed by atoms with van der Waals surface area (Å²) in [5.41, 5.74) is 4.48. The van der Waals surface area contributed by atoms with Crippen LogP contribution in [0.1, 0.15) is 11.1 Å². The van der Waals surface area contributed by atoms with Crippen molar-refractivity contribution in [1.82, 2.24) is 9.80 Å². The van der Waals surface area contributed by atoms with Gasteiger partial charge in [0.15, 0.2) is 0 Å². The summed E-state index contributed by atoms with van der Waals surface area (Å²) >= 11 is 0. The second kappa shape index (κ2) is 11.4. The van der Waals surface area contributed by atoms with Gasteiger partial charge < -0.3 is 20.4 Å². The maximum atomic E-state index is 13.8. The van der Waals surface area contributed by atoms with Crippen LogP contribution in [0.15, 0.2) is 72.8 Å². The van der Waals surface area contributed by atoms with Crippen LogP contribution in [0.5, 0.6) is 0 Å². The first-order valence-electron chi connectivity index (χ1n) is 12.1. The lowest BCUT2D eigenvalue weighted by Crippen LogP contribution is -2.39. The highest BCUT2D eigenvalue weighted by molar-refractivity contribution is 6.37. The van der Waals surface area contributed by atoms with E-state index in [9.17, 15) is 14.0 Å². The quantitative estimate of drug-likeness (QED) is 0.430. The van der Waals surface area contributed by atoms with E-state index in [-0.39, 0.29) is 11.8 Å². The van der Waals surface area contributed by atoms with Gasteiger partial charge in [-0.1, -0.05) is 30.3 Å². The van der Waals surface area contributed by atoms with Crippen molar-refractivity contribution in [3.05, 3.63) is 89.7 Å². The standard InChI is InChI=1S/C29H32FN5O2/c1-33(2)16-17-34(3)19-26(36)35(4)23-13-11-22(12-14-23)31-28(20-8-6-5-7-9-20)27-24-15-10-21(30)18-25(24)32-29(27)37/h5-15,18,31H,16-17,19H2,1-4H3,(H,32,37)/b28-27-. The van der Waals surface area contributed by atoms with Crippen molar-refractivity contribution in [2.24, 2.45) is 0 Å². The molecule has 0 aliphatic carbocycles. The van der Waals surface area contributed by atoms with Crippen molar-refractivity contribution in [2.45, 2.75) is 0 Å². The maximum Gasteiger partial charge on any atom is 0.258 e. The van der Waals surface area contributed by atoms with Gasteiger partial charge in [-0.2, -0.15) is 0 Å². The lowest BCUT2D eigenvalue weighted by molar-refractivity contribution is -0.119. The van der Waals surface area contributed by atoms with Crippen LogP contribution in [0.25, 0.3) is 11.3 Å². The number of anilines is 3. The molecule has 3 aromatic carbocycles. The lowest BCUT2D eigenvalue weighted by Gasteiger charge is -2.23. The van der Waals surface area contributed by atoms with Crippen LogP contribution in [-0.2, 0) is 9.59 Å². The van der Waals surface area contributed by atoms with Gasteiger partial charge in [0.05, 0.1) is 23.5 Å². The third kappa shape index (κ3) is 6.22. The van der Waals surface area contributed by atoms with E-state index in [0.717, 1.165) is 30.0 Å². The molecule has 0 saturated carbocycles. The highest BCUT2D eigenvalue weighted by Crippen LogP contribution is 2.38. The molecule has 2 N–H and O–H groups in total. The van der Waals surface area contributed by atoms with Gasteiger partial charge in [-0.15, -0.1) is 0 Å². The fraction of sp³-hybridized carbons (Fsp3) is 0.241. The molecule has 0 aromatic heterocycles. The molecule has 2 amide bonds. The SMILES string of the molecule is CN(C)CCN(C)CC(=O)N(C)c1ccc(N/C(=C2\C(=O)Nc3cc(F)ccc32)c2ccccc2)cc1. The van der Waals surface area contributed by atoms with Crippen molar-refractivity contribution in [1.29, 1.82) is 0 Å². The highest BCUT2D eigenvalue weighted by Gasteiger charge is 2.28. The van der Waals surface area contributed by atoms with Crippen LogP contribution >= 0.6 is 0 Å². The number of amides is 2. The second-order valence-electron chi connectivity index (χ2n) is 9.43. The Morgan fingerprint density at radius 2 is 1.62 bits per heavy atom. The van der Waals surface area contributed by atoms with Crippen molar-refractivity contribution >= 4 is 40.1 Å². The molecular weight excluding hydrogens is 469 g/mol. The summed E-state index contributed by atoms with van der Waals surface area (Å²) in [7, 11) is 7.72. The van der Waals surface area contributed by atoms with E-state index in [2.05, 4.69) is 15.5 Å². The second-order valence-corrected chi connectivity index (χ2v) is 9.43. The fourth-order valence-corrected chi connectivity index (χ4v) is 4.12. The molecule has 1 aliphatic rings. The van der Waals surface area contributed by atoms with Crippen LogP contribution < -0.4 is 15.5 Å². The Balaban J connectivity index is 1.57. The topological polar surface area (TPSA) is 67.9 Å². The third-order valence-corrected chi connectivity index (χ3v) is 6.27. The van der Waals surface area contributed by atoms with E-state index in [1.54, 1.807) is 18.0 Å². The van der Waals surface area contributed by atoms with Crippen LogP contribution in [0.3, 0.4) is 0 Å². The number of hydrogen-bond acceptors (Lipinski definition) is 5. The van der Waals surface area contributed by atoms with Gasteiger partial charge >= 0.3 is 0 Å². The molecule has 0 saturated heterocycles. The molecule has 1 heterocycles. The summed E-state index contributed by atoms with van der Waals surface area (Å²) in [4.78, 5) is 31.5. The van der Waals surface area contributed by atoms with Crippen LogP contribution in [0.2, 0.25) is 0 Å². The number of nitrogens with one attached hydrogen (secondary N) is 2. The Bertz CT molecular complexity index is 1310. The van der Waals surface area contributed by atoms with Crippen molar-refractivity contribution in [3.8, 4) is 0 Å². The summed E-state index contributed by atoms with van der Waals surface area (Å²) in [5.74, 6) is -0.708. The minimum absolute atomic E-state index is 0.000485. The number of nitrogens with zero attached hydrogens (tertiary/aromatic N) is 3. The Morgan fingerprint density at radius 1 is 0.919 bits per heavy atom. The van der Waals surface area contributed by atoms with Gasteiger partial charge in [-0.25, -0.2) is 4.39 Å². The lowest BCUT2D eigenvalue weighted by atomic mass is 10.00. The van der Waals surface area contributed by atoms with Crippen LogP contribution in [0.4, 0.5) is 21.5 Å². The molecule has 1 aliphatic heterocycles. The molecular formula is C29H32FN5O2. The van der Waals surface area contributed by atoms with E-state index in [0.29, 0.717) is 29.1 Å². The minimum Gasteiger partial charge on any atom is -0.354 e. The first-order chi connectivity index (χ1) is 17.7. The Morgan fingerprint density at radius 3 is 2.30 bits per heavy atom. The van der Waals surface area contributed by atoms with E-state index >= 15 is 0 Å². The molecule has 192 valence electrons. The average molecular weight is 502 g/mol. The molecule has 0 fully saturated rings. The molecule has 0 spiro atoms. The van der Waals surface area contributed by atoms with E-state index in [1.807, 2.05) is 80.6 Å². The number of benzene rings is 3. The summed E-state index contributed by atoms with van der Waals surface area (Å²) in [6.45, 7) is 2.00. The highest BCUT2D eigenvalue weighted by atomic mass is 19.1. The molecule has 0 radical (unpaired) electrons. The minimum atomic E-state index is -0.410. The van der Waals surface area contributed by atoms with Gasteiger partial charge in [0, 0.05) is 37.1 Å². The molecule has 8 heteroatoms. The number of carbonyl (C=O) groups is 2. The number of rotatable bonds is 9. The fourth-order valence-electron chi connectivity index (χ4n) is 4.12. The number of carbonyl (C=O) groups excluding carboxylic acids is 2. The van der Waals surface area contributed by atoms with Crippen LogP contribution in [-0.4, -0.2) is 69.4 Å². The van der Waals surface area contributed by atoms with Gasteiger partial charge in [-0.05, 0) is 69.2 Å². The zero-order valence-corrected chi connectivity index (χ0v) is 21.6. The van der Waals surface area contributed by atoms with Crippen molar-refractivity contribution < 1.29 is 14.0 Å². The average Bonchev–Trinajstić information content (AvgIpc) is 3.20. The monoisotopic (exact) mass is 501 g/mol. The molecule has 0 unspecified atom stereocenters. The number of fused-ring (bicyclic) bond motifs is 1. The molecule has 7 nitrogen and oxygen atoms in total. The largest absolute Gasteiger partial charge is 0.354 e. The van der Waals surface area contributed by atoms with E-state index in [4.69, 9.17) is 0 Å². The molecule has 4 rings (SSSR count).